The van der Waals surface area contributed by atoms with Crippen molar-refractivity contribution in [3.63, 3.8) is 0 Å². The summed E-state index contributed by atoms with van der Waals surface area (Å²) in [4.78, 5) is 0. The smallest absolute Gasteiger partial charge is 0.121 e. The third-order valence-electron chi connectivity index (χ3n) is 3.84. The summed E-state index contributed by atoms with van der Waals surface area (Å²) in [6.07, 6.45) is 1.07. The van der Waals surface area contributed by atoms with Crippen LogP contribution in [0.1, 0.15) is 25.8 Å². The molecule has 0 aromatic heterocycles. The lowest BCUT2D eigenvalue weighted by molar-refractivity contribution is 0.289. The second-order valence-electron chi connectivity index (χ2n) is 6.32. The van der Waals surface area contributed by atoms with Crippen molar-refractivity contribution in [2.24, 2.45) is 5.92 Å². The summed E-state index contributed by atoms with van der Waals surface area (Å²) < 4.78 is 5.79. The molecule has 130 valence electrons. The number of hydrogen-bond donors (Lipinski definition) is 2. The molecule has 0 saturated heterocycles. The Kier molecular flexibility index (Phi) is 7.26. The molecule has 2 aromatic carbocycles. The third-order valence-corrected chi connectivity index (χ3v) is 4.24. The first kappa shape index (κ1) is 18.5. The summed E-state index contributed by atoms with van der Waals surface area (Å²) in [5.41, 5.74) is 3.23. The molecule has 0 atom stereocenters. The Hall–Kier alpha value is -1.87. The van der Waals surface area contributed by atoms with Gasteiger partial charge in [0.2, 0.25) is 0 Å². The van der Waals surface area contributed by atoms with E-state index in [4.69, 9.17) is 16.3 Å². The summed E-state index contributed by atoms with van der Waals surface area (Å²) in [6, 6.07) is 14.0. The molecular weight excluding hydrogens is 320 g/mol. The minimum atomic E-state index is 0.660. The predicted molar refractivity (Wildman–Crippen MR) is 105 cm³/mol. The van der Waals surface area contributed by atoms with Crippen molar-refractivity contribution in [2.45, 2.75) is 27.2 Å². The maximum atomic E-state index is 6.13. The molecule has 2 N–H and O–H groups in total. The number of anilines is 2. The number of ether oxygens (including phenoxy) is 1. The molecule has 0 aliphatic heterocycles. The van der Waals surface area contributed by atoms with Crippen LogP contribution < -0.4 is 15.4 Å². The first-order valence-corrected chi connectivity index (χ1v) is 8.90. The molecule has 3 nitrogen and oxygen atoms in total. The maximum Gasteiger partial charge on any atom is 0.121 e. The topological polar surface area (TPSA) is 33.3 Å². The molecule has 4 heteroatoms. The van der Waals surface area contributed by atoms with Crippen molar-refractivity contribution in [2.75, 3.05) is 30.3 Å². The van der Waals surface area contributed by atoms with Gasteiger partial charge in [-0.15, -0.1) is 0 Å². The van der Waals surface area contributed by atoms with Crippen molar-refractivity contribution in [3.8, 4) is 5.75 Å². The molecule has 2 rings (SSSR count). The fourth-order valence-electron chi connectivity index (χ4n) is 2.31. The van der Waals surface area contributed by atoms with Gasteiger partial charge < -0.3 is 15.4 Å². The molecule has 24 heavy (non-hydrogen) atoms. The molecule has 0 radical (unpaired) electrons. The van der Waals surface area contributed by atoms with Gasteiger partial charge in [0.1, 0.15) is 5.75 Å². The van der Waals surface area contributed by atoms with Crippen LogP contribution in [0.5, 0.6) is 5.75 Å². The molecule has 0 amide bonds. The highest BCUT2D eigenvalue weighted by atomic mass is 35.5. The van der Waals surface area contributed by atoms with Crippen LogP contribution in [0.4, 0.5) is 11.4 Å². The lowest BCUT2D eigenvalue weighted by Crippen LogP contribution is -2.14. The quantitative estimate of drug-likeness (QED) is 0.580. The highest BCUT2D eigenvalue weighted by Crippen LogP contribution is 2.22. The summed E-state index contributed by atoms with van der Waals surface area (Å²) in [5.74, 6) is 1.58. The van der Waals surface area contributed by atoms with E-state index in [1.165, 1.54) is 0 Å². The Morgan fingerprint density at radius 1 is 1.04 bits per heavy atom. The van der Waals surface area contributed by atoms with Gasteiger partial charge in [0.05, 0.1) is 6.61 Å². The molecule has 0 heterocycles. The van der Waals surface area contributed by atoms with Crippen LogP contribution in [0.25, 0.3) is 0 Å². The van der Waals surface area contributed by atoms with Crippen molar-refractivity contribution < 1.29 is 4.74 Å². The van der Waals surface area contributed by atoms with E-state index in [1.54, 1.807) is 0 Å². The monoisotopic (exact) mass is 346 g/mol. The van der Waals surface area contributed by atoms with Crippen LogP contribution in [-0.2, 0) is 0 Å². The SMILES string of the molecule is Cc1c(Cl)cccc1NCCNc1cccc(OCCC(C)C)c1. The van der Waals surface area contributed by atoms with E-state index in [0.29, 0.717) is 5.92 Å². The summed E-state index contributed by atoms with van der Waals surface area (Å²) in [6.45, 7) is 8.83. The largest absolute Gasteiger partial charge is 0.494 e. The number of benzene rings is 2. The Morgan fingerprint density at radius 3 is 2.58 bits per heavy atom. The van der Waals surface area contributed by atoms with Crippen LogP contribution in [0.2, 0.25) is 5.02 Å². The van der Waals surface area contributed by atoms with E-state index < -0.39 is 0 Å². The Balaban J connectivity index is 1.77. The van der Waals surface area contributed by atoms with Gasteiger partial charge in [0.15, 0.2) is 0 Å². The average Bonchev–Trinajstić information content (AvgIpc) is 2.55. The van der Waals surface area contributed by atoms with E-state index in [-0.39, 0.29) is 0 Å². The standard InChI is InChI=1S/C20H27ClN2O/c1-15(2)10-13-24-18-7-4-6-17(14-18)22-11-12-23-20-9-5-8-19(21)16(20)3/h4-9,14-15,22-23H,10-13H2,1-3H3. The first-order chi connectivity index (χ1) is 11.6. The number of halogens is 1. The molecule has 0 aliphatic rings. The fourth-order valence-corrected chi connectivity index (χ4v) is 2.49. The zero-order valence-corrected chi connectivity index (χ0v) is 15.5. The Bertz CT molecular complexity index is 643. The summed E-state index contributed by atoms with van der Waals surface area (Å²) in [5, 5.41) is 7.61. The van der Waals surface area contributed by atoms with Gasteiger partial charge in [0, 0.05) is 35.6 Å². The van der Waals surface area contributed by atoms with Crippen LogP contribution in [0.15, 0.2) is 42.5 Å². The van der Waals surface area contributed by atoms with E-state index >= 15 is 0 Å². The van der Waals surface area contributed by atoms with Crippen molar-refractivity contribution in [1.82, 2.24) is 0 Å². The number of rotatable bonds is 9. The Labute approximate surface area is 150 Å². The Morgan fingerprint density at radius 2 is 1.79 bits per heavy atom. The second kappa shape index (κ2) is 9.43. The number of nitrogens with one attached hydrogen (secondary N) is 2. The van der Waals surface area contributed by atoms with Gasteiger partial charge in [-0.1, -0.05) is 37.6 Å². The average molecular weight is 347 g/mol. The normalized spacial score (nSPS) is 10.7. The molecule has 0 aliphatic carbocycles. The van der Waals surface area contributed by atoms with Crippen LogP contribution in [0, 0.1) is 12.8 Å². The van der Waals surface area contributed by atoms with Gasteiger partial charge in [0.25, 0.3) is 0 Å². The van der Waals surface area contributed by atoms with Gasteiger partial charge in [-0.3, -0.25) is 0 Å². The van der Waals surface area contributed by atoms with E-state index in [1.807, 2.05) is 43.3 Å². The lowest BCUT2D eigenvalue weighted by atomic mass is 10.1. The summed E-state index contributed by atoms with van der Waals surface area (Å²) in [7, 11) is 0. The second-order valence-corrected chi connectivity index (χ2v) is 6.73. The van der Waals surface area contributed by atoms with Crippen molar-refractivity contribution >= 4 is 23.0 Å². The van der Waals surface area contributed by atoms with Gasteiger partial charge in [-0.2, -0.15) is 0 Å². The van der Waals surface area contributed by atoms with Crippen LogP contribution >= 0.6 is 11.6 Å². The maximum absolute atomic E-state index is 6.13. The van der Waals surface area contributed by atoms with E-state index in [0.717, 1.165) is 53.8 Å². The molecule has 0 saturated carbocycles. The van der Waals surface area contributed by atoms with Crippen molar-refractivity contribution in [1.29, 1.82) is 0 Å². The minimum Gasteiger partial charge on any atom is -0.494 e. The van der Waals surface area contributed by atoms with E-state index in [2.05, 4.69) is 30.5 Å². The first-order valence-electron chi connectivity index (χ1n) is 8.52. The van der Waals surface area contributed by atoms with Gasteiger partial charge in [-0.05, 0) is 49.1 Å². The van der Waals surface area contributed by atoms with Crippen molar-refractivity contribution in [3.05, 3.63) is 53.1 Å². The fraction of sp³-hybridized carbons (Fsp3) is 0.400. The highest BCUT2D eigenvalue weighted by molar-refractivity contribution is 6.31. The summed E-state index contributed by atoms with van der Waals surface area (Å²) >= 11 is 6.13. The molecule has 0 spiro atoms. The third kappa shape index (κ3) is 5.97. The zero-order chi connectivity index (χ0) is 17.4. The number of hydrogen-bond acceptors (Lipinski definition) is 3. The van der Waals surface area contributed by atoms with Gasteiger partial charge >= 0.3 is 0 Å². The van der Waals surface area contributed by atoms with Gasteiger partial charge in [-0.25, -0.2) is 0 Å². The minimum absolute atomic E-state index is 0.660. The van der Waals surface area contributed by atoms with Crippen LogP contribution in [0.3, 0.4) is 0 Å². The molecule has 0 fully saturated rings. The predicted octanol–water partition coefficient (Wildman–Crippen LogP) is 5.60. The highest BCUT2D eigenvalue weighted by Gasteiger charge is 2.01. The molecule has 2 aromatic rings. The molecular formula is C20H27ClN2O. The van der Waals surface area contributed by atoms with Crippen LogP contribution in [-0.4, -0.2) is 19.7 Å². The van der Waals surface area contributed by atoms with E-state index in [9.17, 15) is 0 Å². The molecule has 0 bridgehead atoms. The zero-order valence-electron chi connectivity index (χ0n) is 14.7. The molecule has 0 unspecified atom stereocenters. The lowest BCUT2D eigenvalue weighted by Gasteiger charge is -2.13.